The highest BCUT2D eigenvalue weighted by Gasteiger charge is 2.08. The first-order valence-corrected chi connectivity index (χ1v) is 6.00. The Balaban J connectivity index is 2.64. The van der Waals surface area contributed by atoms with Gasteiger partial charge in [-0.3, -0.25) is 0 Å². The smallest absolute Gasteiger partial charge is 0.159 e. The summed E-state index contributed by atoms with van der Waals surface area (Å²) in [4.78, 5) is 2.05. The standard InChI is InChI=1S/C11H11BrClN3/c1-16(2)6-10-8-4-3-7(12)5-9(8)11(13)15-14-10/h3-5H,6H2,1-2H3. The lowest BCUT2D eigenvalue weighted by Gasteiger charge is -2.11. The zero-order chi connectivity index (χ0) is 11.7. The number of hydrogen-bond donors (Lipinski definition) is 0. The summed E-state index contributed by atoms with van der Waals surface area (Å²) in [5.74, 6) is 0. The number of fused-ring (bicyclic) bond motifs is 1. The van der Waals surface area contributed by atoms with Crippen LogP contribution < -0.4 is 0 Å². The van der Waals surface area contributed by atoms with E-state index in [-0.39, 0.29) is 0 Å². The maximum absolute atomic E-state index is 6.03. The Morgan fingerprint density at radius 1 is 1.25 bits per heavy atom. The van der Waals surface area contributed by atoms with E-state index in [1.807, 2.05) is 32.3 Å². The molecule has 0 spiro atoms. The van der Waals surface area contributed by atoms with Gasteiger partial charge in [-0.2, -0.15) is 5.10 Å². The second kappa shape index (κ2) is 4.65. The molecule has 2 rings (SSSR count). The van der Waals surface area contributed by atoms with Gasteiger partial charge in [0.1, 0.15) is 0 Å². The fraction of sp³-hybridized carbons (Fsp3) is 0.273. The summed E-state index contributed by atoms with van der Waals surface area (Å²) in [6, 6.07) is 5.96. The minimum atomic E-state index is 0.443. The molecule has 0 atom stereocenters. The van der Waals surface area contributed by atoms with Gasteiger partial charge in [0, 0.05) is 21.8 Å². The van der Waals surface area contributed by atoms with E-state index >= 15 is 0 Å². The average Bonchev–Trinajstić information content (AvgIpc) is 2.22. The van der Waals surface area contributed by atoms with E-state index in [0.717, 1.165) is 27.5 Å². The largest absolute Gasteiger partial charge is 0.303 e. The molecule has 0 aliphatic heterocycles. The molecule has 5 heteroatoms. The molecular formula is C11H11BrClN3. The van der Waals surface area contributed by atoms with Crippen molar-refractivity contribution in [1.82, 2.24) is 15.1 Å². The third kappa shape index (κ3) is 2.34. The van der Waals surface area contributed by atoms with Crippen LogP contribution in [0.1, 0.15) is 5.69 Å². The fourth-order valence-corrected chi connectivity index (χ4v) is 2.12. The summed E-state index contributed by atoms with van der Waals surface area (Å²) in [6.07, 6.45) is 0. The molecule has 2 aromatic rings. The van der Waals surface area contributed by atoms with Crippen LogP contribution in [0.3, 0.4) is 0 Å². The Morgan fingerprint density at radius 2 is 2.00 bits per heavy atom. The van der Waals surface area contributed by atoms with Gasteiger partial charge in [0.25, 0.3) is 0 Å². The van der Waals surface area contributed by atoms with Crippen LogP contribution in [-0.4, -0.2) is 29.2 Å². The molecule has 0 fully saturated rings. The van der Waals surface area contributed by atoms with Crippen molar-refractivity contribution in [2.75, 3.05) is 14.1 Å². The number of nitrogens with zero attached hydrogens (tertiary/aromatic N) is 3. The minimum absolute atomic E-state index is 0.443. The first kappa shape index (κ1) is 11.8. The first-order chi connectivity index (χ1) is 7.58. The van der Waals surface area contributed by atoms with Gasteiger partial charge >= 0.3 is 0 Å². The molecule has 0 radical (unpaired) electrons. The monoisotopic (exact) mass is 299 g/mol. The van der Waals surface area contributed by atoms with Crippen molar-refractivity contribution in [2.45, 2.75) is 6.54 Å². The normalized spacial score (nSPS) is 11.3. The van der Waals surface area contributed by atoms with E-state index in [1.165, 1.54) is 0 Å². The molecular weight excluding hydrogens is 289 g/mol. The van der Waals surface area contributed by atoms with Crippen LogP contribution in [0.25, 0.3) is 10.8 Å². The van der Waals surface area contributed by atoms with Crippen LogP contribution in [-0.2, 0) is 6.54 Å². The highest BCUT2D eigenvalue weighted by atomic mass is 79.9. The third-order valence-electron chi connectivity index (χ3n) is 2.24. The van der Waals surface area contributed by atoms with E-state index in [4.69, 9.17) is 11.6 Å². The van der Waals surface area contributed by atoms with Crippen molar-refractivity contribution >= 4 is 38.3 Å². The predicted molar refractivity (Wildman–Crippen MR) is 69.6 cm³/mol. The first-order valence-electron chi connectivity index (χ1n) is 4.83. The van der Waals surface area contributed by atoms with Gasteiger partial charge < -0.3 is 4.90 Å². The maximum Gasteiger partial charge on any atom is 0.159 e. The fourth-order valence-electron chi connectivity index (χ4n) is 1.57. The number of rotatable bonds is 2. The van der Waals surface area contributed by atoms with E-state index in [1.54, 1.807) is 0 Å². The van der Waals surface area contributed by atoms with Gasteiger partial charge in [-0.25, -0.2) is 0 Å². The summed E-state index contributed by atoms with van der Waals surface area (Å²) in [5, 5.41) is 10.5. The molecule has 16 heavy (non-hydrogen) atoms. The predicted octanol–water partition coefficient (Wildman–Crippen LogP) is 3.11. The lowest BCUT2D eigenvalue weighted by atomic mass is 10.1. The van der Waals surface area contributed by atoms with E-state index < -0.39 is 0 Å². The van der Waals surface area contributed by atoms with Crippen molar-refractivity contribution < 1.29 is 0 Å². The Labute approximate surface area is 108 Å². The van der Waals surface area contributed by atoms with Crippen LogP contribution in [0.5, 0.6) is 0 Å². The quantitative estimate of drug-likeness (QED) is 0.853. The van der Waals surface area contributed by atoms with Crippen LogP contribution in [0.15, 0.2) is 22.7 Å². The third-order valence-corrected chi connectivity index (χ3v) is 3.01. The molecule has 0 unspecified atom stereocenters. The van der Waals surface area contributed by atoms with Gasteiger partial charge in [0.05, 0.1) is 5.69 Å². The molecule has 1 heterocycles. The van der Waals surface area contributed by atoms with Crippen LogP contribution in [0.2, 0.25) is 5.15 Å². The number of halogens is 2. The topological polar surface area (TPSA) is 29.0 Å². The summed E-state index contributed by atoms with van der Waals surface area (Å²) in [7, 11) is 4.00. The average molecular weight is 301 g/mol. The zero-order valence-corrected chi connectivity index (χ0v) is 11.4. The van der Waals surface area contributed by atoms with Crippen LogP contribution >= 0.6 is 27.5 Å². The number of hydrogen-bond acceptors (Lipinski definition) is 3. The summed E-state index contributed by atoms with van der Waals surface area (Å²) >= 11 is 9.45. The number of aromatic nitrogens is 2. The molecule has 0 N–H and O–H groups in total. The van der Waals surface area contributed by atoms with E-state index in [0.29, 0.717) is 5.15 Å². The second-order valence-electron chi connectivity index (χ2n) is 3.87. The summed E-state index contributed by atoms with van der Waals surface area (Å²) in [5.41, 5.74) is 0.942. The van der Waals surface area contributed by atoms with E-state index in [9.17, 15) is 0 Å². The molecule has 0 bridgehead atoms. The minimum Gasteiger partial charge on any atom is -0.303 e. The van der Waals surface area contributed by atoms with E-state index in [2.05, 4.69) is 31.0 Å². The molecule has 0 aliphatic rings. The Hall–Kier alpha value is -0.710. The van der Waals surface area contributed by atoms with Crippen molar-refractivity contribution in [3.05, 3.63) is 33.5 Å². The molecule has 1 aromatic carbocycles. The Bertz CT molecular complexity index is 528. The summed E-state index contributed by atoms with van der Waals surface area (Å²) < 4.78 is 0.991. The molecule has 1 aromatic heterocycles. The molecule has 0 amide bonds. The zero-order valence-electron chi connectivity index (χ0n) is 9.04. The lowest BCUT2D eigenvalue weighted by Crippen LogP contribution is -2.13. The van der Waals surface area contributed by atoms with Crippen molar-refractivity contribution in [1.29, 1.82) is 0 Å². The SMILES string of the molecule is CN(C)Cc1nnc(Cl)c2cc(Br)ccc12. The van der Waals surface area contributed by atoms with Gasteiger partial charge in [-0.1, -0.05) is 33.6 Å². The maximum atomic E-state index is 6.03. The van der Waals surface area contributed by atoms with Gasteiger partial charge in [0.2, 0.25) is 0 Å². The van der Waals surface area contributed by atoms with Crippen molar-refractivity contribution in [3.63, 3.8) is 0 Å². The van der Waals surface area contributed by atoms with Crippen molar-refractivity contribution in [2.24, 2.45) is 0 Å². The molecule has 84 valence electrons. The lowest BCUT2D eigenvalue weighted by molar-refractivity contribution is 0.397. The van der Waals surface area contributed by atoms with Gasteiger partial charge in [0.15, 0.2) is 5.15 Å². The van der Waals surface area contributed by atoms with Gasteiger partial charge in [-0.15, -0.1) is 5.10 Å². The highest BCUT2D eigenvalue weighted by molar-refractivity contribution is 9.10. The molecule has 3 nitrogen and oxygen atoms in total. The second-order valence-corrected chi connectivity index (χ2v) is 5.14. The number of benzene rings is 1. The molecule has 0 saturated carbocycles. The molecule has 0 aliphatic carbocycles. The Kier molecular flexibility index (Phi) is 3.42. The Morgan fingerprint density at radius 3 is 2.69 bits per heavy atom. The van der Waals surface area contributed by atoms with Gasteiger partial charge in [-0.05, 0) is 26.2 Å². The summed E-state index contributed by atoms with van der Waals surface area (Å²) in [6.45, 7) is 0.752. The van der Waals surface area contributed by atoms with Crippen LogP contribution in [0.4, 0.5) is 0 Å². The van der Waals surface area contributed by atoms with Crippen molar-refractivity contribution in [3.8, 4) is 0 Å². The highest BCUT2D eigenvalue weighted by Crippen LogP contribution is 2.26. The molecule has 0 saturated heterocycles. The van der Waals surface area contributed by atoms with Crippen LogP contribution in [0, 0.1) is 0 Å².